The molecule has 1 rings (SSSR count). The Balaban J connectivity index is 2.72. The van der Waals surface area contributed by atoms with E-state index in [-0.39, 0.29) is 5.92 Å². The number of hydrogen-bond acceptors (Lipinski definition) is 3. The van der Waals surface area contributed by atoms with E-state index in [0.29, 0.717) is 5.92 Å². The SMILES string of the molecule is CCN(Cc1ccccc1OCC(C)C)C[C@H](C)C#N. The first-order chi connectivity index (χ1) is 9.56. The highest BCUT2D eigenvalue weighted by atomic mass is 16.5. The van der Waals surface area contributed by atoms with Crippen LogP contribution >= 0.6 is 0 Å². The molecule has 0 aromatic heterocycles. The number of nitriles is 1. The first-order valence-corrected chi connectivity index (χ1v) is 7.39. The number of hydrogen-bond donors (Lipinski definition) is 0. The molecule has 0 fully saturated rings. The lowest BCUT2D eigenvalue weighted by Gasteiger charge is -2.23. The lowest BCUT2D eigenvalue weighted by molar-refractivity contribution is 0.241. The van der Waals surface area contributed by atoms with E-state index >= 15 is 0 Å². The molecule has 0 saturated heterocycles. The van der Waals surface area contributed by atoms with Crippen LogP contribution in [0, 0.1) is 23.2 Å². The van der Waals surface area contributed by atoms with Gasteiger partial charge in [0, 0.05) is 18.7 Å². The van der Waals surface area contributed by atoms with Crippen molar-refractivity contribution in [3.8, 4) is 11.8 Å². The standard InChI is InChI=1S/C17H26N2O/c1-5-19(11-15(4)10-18)12-16-8-6-7-9-17(16)20-13-14(2)3/h6-9,14-15H,5,11-13H2,1-4H3/t15-/m1/s1. The van der Waals surface area contributed by atoms with Crippen molar-refractivity contribution in [2.24, 2.45) is 11.8 Å². The molecule has 0 aliphatic carbocycles. The molecule has 1 aromatic carbocycles. The quantitative estimate of drug-likeness (QED) is 0.725. The van der Waals surface area contributed by atoms with Gasteiger partial charge in [-0.25, -0.2) is 0 Å². The zero-order valence-electron chi connectivity index (χ0n) is 13.1. The smallest absolute Gasteiger partial charge is 0.123 e. The molecule has 3 heteroatoms. The molecule has 1 atom stereocenters. The molecule has 0 radical (unpaired) electrons. The topological polar surface area (TPSA) is 36.3 Å². The average Bonchev–Trinajstić information content (AvgIpc) is 2.45. The molecule has 0 unspecified atom stereocenters. The second kappa shape index (κ2) is 8.60. The fourth-order valence-electron chi connectivity index (χ4n) is 2.01. The maximum absolute atomic E-state index is 8.94. The van der Waals surface area contributed by atoms with Gasteiger partial charge in [0.15, 0.2) is 0 Å². The molecule has 110 valence electrons. The summed E-state index contributed by atoms with van der Waals surface area (Å²) in [4.78, 5) is 2.28. The third-order valence-corrected chi connectivity index (χ3v) is 3.14. The van der Waals surface area contributed by atoms with E-state index in [0.717, 1.165) is 32.0 Å². The highest BCUT2D eigenvalue weighted by Gasteiger charge is 2.11. The molecule has 0 aliphatic rings. The predicted octanol–water partition coefficient (Wildman–Crippen LogP) is 3.70. The van der Waals surface area contributed by atoms with Crippen LogP contribution in [-0.2, 0) is 6.54 Å². The molecule has 0 N–H and O–H groups in total. The van der Waals surface area contributed by atoms with E-state index in [2.05, 4.69) is 37.8 Å². The van der Waals surface area contributed by atoms with Gasteiger partial charge in [0.25, 0.3) is 0 Å². The molecule has 0 aliphatic heterocycles. The molecule has 3 nitrogen and oxygen atoms in total. The van der Waals surface area contributed by atoms with Gasteiger partial charge in [0.1, 0.15) is 5.75 Å². The Bertz CT molecular complexity index is 437. The van der Waals surface area contributed by atoms with Gasteiger partial charge in [0.2, 0.25) is 0 Å². The molecular weight excluding hydrogens is 248 g/mol. The van der Waals surface area contributed by atoms with Gasteiger partial charge in [-0.1, -0.05) is 39.0 Å². The van der Waals surface area contributed by atoms with Crippen LogP contribution in [0.5, 0.6) is 5.75 Å². The molecule has 0 heterocycles. The van der Waals surface area contributed by atoms with Gasteiger partial charge in [-0.05, 0) is 25.5 Å². The molecule has 0 saturated carbocycles. The Labute approximate surface area is 123 Å². The van der Waals surface area contributed by atoms with Crippen LogP contribution in [0.2, 0.25) is 0 Å². The number of benzene rings is 1. The van der Waals surface area contributed by atoms with E-state index in [1.165, 1.54) is 5.56 Å². The Kier molecular flexibility index (Phi) is 7.11. The van der Waals surface area contributed by atoms with E-state index < -0.39 is 0 Å². The number of rotatable bonds is 8. The normalized spacial score (nSPS) is 12.4. The van der Waals surface area contributed by atoms with Gasteiger partial charge < -0.3 is 4.74 Å². The largest absolute Gasteiger partial charge is 0.493 e. The van der Waals surface area contributed by atoms with Crippen LogP contribution in [0.1, 0.15) is 33.3 Å². The fourth-order valence-corrected chi connectivity index (χ4v) is 2.01. The Morgan fingerprint density at radius 1 is 1.25 bits per heavy atom. The second-order valence-electron chi connectivity index (χ2n) is 5.67. The monoisotopic (exact) mass is 274 g/mol. The summed E-state index contributed by atoms with van der Waals surface area (Å²) in [6.45, 7) is 11.7. The van der Waals surface area contributed by atoms with Crippen molar-refractivity contribution >= 4 is 0 Å². The molecule has 1 aromatic rings. The second-order valence-corrected chi connectivity index (χ2v) is 5.67. The Morgan fingerprint density at radius 3 is 2.55 bits per heavy atom. The summed E-state index contributed by atoms with van der Waals surface area (Å²) >= 11 is 0. The average molecular weight is 274 g/mol. The van der Waals surface area contributed by atoms with Crippen LogP contribution in [-0.4, -0.2) is 24.6 Å². The van der Waals surface area contributed by atoms with Crippen LogP contribution in [0.25, 0.3) is 0 Å². The van der Waals surface area contributed by atoms with Crippen molar-refractivity contribution in [3.63, 3.8) is 0 Å². The third-order valence-electron chi connectivity index (χ3n) is 3.14. The van der Waals surface area contributed by atoms with Crippen molar-refractivity contribution in [1.82, 2.24) is 4.90 Å². The first kappa shape index (κ1) is 16.5. The van der Waals surface area contributed by atoms with Crippen LogP contribution < -0.4 is 4.74 Å². The summed E-state index contributed by atoms with van der Waals surface area (Å²) in [6.07, 6.45) is 0. The van der Waals surface area contributed by atoms with E-state index in [9.17, 15) is 0 Å². The molecule has 0 bridgehead atoms. The lowest BCUT2D eigenvalue weighted by Crippen LogP contribution is -2.27. The summed E-state index contributed by atoms with van der Waals surface area (Å²) in [5.41, 5.74) is 1.19. The Morgan fingerprint density at radius 2 is 1.95 bits per heavy atom. The Hall–Kier alpha value is -1.53. The van der Waals surface area contributed by atoms with Gasteiger partial charge in [0.05, 0.1) is 18.6 Å². The van der Waals surface area contributed by atoms with Crippen molar-refractivity contribution < 1.29 is 4.74 Å². The minimum atomic E-state index is 0.0543. The minimum Gasteiger partial charge on any atom is -0.493 e. The summed E-state index contributed by atoms with van der Waals surface area (Å²) in [5.74, 6) is 1.53. The van der Waals surface area contributed by atoms with Crippen molar-refractivity contribution in [1.29, 1.82) is 5.26 Å². The van der Waals surface area contributed by atoms with E-state index in [1.807, 2.05) is 25.1 Å². The van der Waals surface area contributed by atoms with E-state index in [1.54, 1.807) is 0 Å². The number of nitrogens with zero attached hydrogens (tertiary/aromatic N) is 2. The van der Waals surface area contributed by atoms with Gasteiger partial charge in [-0.2, -0.15) is 5.26 Å². The summed E-state index contributed by atoms with van der Waals surface area (Å²) in [5, 5.41) is 8.94. The minimum absolute atomic E-state index is 0.0543. The first-order valence-electron chi connectivity index (χ1n) is 7.39. The molecule has 0 amide bonds. The maximum atomic E-state index is 8.94. The highest BCUT2D eigenvalue weighted by Crippen LogP contribution is 2.21. The van der Waals surface area contributed by atoms with Gasteiger partial charge in [-0.3, -0.25) is 4.90 Å². The molecule has 0 spiro atoms. The van der Waals surface area contributed by atoms with Crippen LogP contribution in [0.15, 0.2) is 24.3 Å². The summed E-state index contributed by atoms with van der Waals surface area (Å²) in [7, 11) is 0. The summed E-state index contributed by atoms with van der Waals surface area (Å²) < 4.78 is 5.88. The van der Waals surface area contributed by atoms with Crippen LogP contribution in [0.4, 0.5) is 0 Å². The summed E-state index contributed by atoms with van der Waals surface area (Å²) in [6, 6.07) is 10.5. The predicted molar refractivity (Wildman–Crippen MR) is 82.5 cm³/mol. The zero-order valence-corrected chi connectivity index (χ0v) is 13.1. The molecular formula is C17H26N2O. The van der Waals surface area contributed by atoms with E-state index in [4.69, 9.17) is 10.00 Å². The van der Waals surface area contributed by atoms with Gasteiger partial charge in [-0.15, -0.1) is 0 Å². The van der Waals surface area contributed by atoms with Crippen molar-refractivity contribution in [3.05, 3.63) is 29.8 Å². The van der Waals surface area contributed by atoms with Crippen LogP contribution in [0.3, 0.4) is 0 Å². The fraction of sp³-hybridized carbons (Fsp3) is 0.588. The third kappa shape index (κ3) is 5.63. The lowest BCUT2D eigenvalue weighted by atomic mass is 10.1. The number of ether oxygens (including phenoxy) is 1. The van der Waals surface area contributed by atoms with Crippen molar-refractivity contribution in [2.75, 3.05) is 19.7 Å². The maximum Gasteiger partial charge on any atom is 0.123 e. The van der Waals surface area contributed by atoms with Gasteiger partial charge >= 0.3 is 0 Å². The van der Waals surface area contributed by atoms with Crippen molar-refractivity contribution in [2.45, 2.75) is 34.2 Å². The highest BCUT2D eigenvalue weighted by molar-refractivity contribution is 5.33. The zero-order chi connectivity index (χ0) is 15.0. The number of para-hydroxylation sites is 1. The molecule has 20 heavy (non-hydrogen) atoms.